The Hall–Kier alpha value is -3.71. The first-order valence-corrected chi connectivity index (χ1v) is 11.7. The summed E-state index contributed by atoms with van der Waals surface area (Å²) < 4.78 is 6.99. The molecule has 3 heterocycles. The van der Waals surface area contributed by atoms with E-state index in [-0.39, 0.29) is 23.9 Å². The van der Waals surface area contributed by atoms with Gasteiger partial charge in [-0.3, -0.25) is 14.0 Å². The van der Waals surface area contributed by atoms with Gasteiger partial charge in [0, 0.05) is 48.9 Å². The average Bonchev–Trinajstić information content (AvgIpc) is 3.36. The maximum Gasteiger partial charge on any atom is 0.248 e. The van der Waals surface area contributed by atoms with E-state index in [2.05, 4.69) is 39.6 Å². The number of methoxy groups -OCH3 is 1. The highest BCUT2D eigenvalue weighted by molar-refractivity contribution is 5.82. The van der Waals surface area contributed by atoms with E-state index in [9.17, 15) is 9.59 Å². The van der Waals surface area contributed by atoms with Gasteiger partial charge < -0.3 is 15.0 Å². The number of nitrogens with one attached hydrogen (secondary N) is 2. The molecule has 0 aliphatic heterocycles. The van der Waals surface area contributed by atoms with E-state index in [0.717, 1.165) is 54.0 Å². The van der Waals surface area contributed by atoms with Crippen LogP contribution >= 0.6 is 0 Å². The van der Waals surface area contributed by atoms with Crippen molar-refractivity contribution in [2.75, 3.05) is 19.0 Å². The van der Waals surface area contributed by atoms with Crippen LogP contribution in [0.4, 0.5) is 11.4 Å². The van der Waals surface area contributed by atoms with Gasteiger partial charge in [-0.05, 0) is 67.5 Å². The third kappa shape index (κ3) is 4.52. The minimum absolute atomic E-state index is 0.136. The molecule has 4 aromatic rings. The van der Waals surface area contributed by atoms with Gasteiger partial charge in [0.2, 0.25) is 5.56 Å². The number of fused-ring (bicyclic) bond motifs is 1. The Bertz CT molecular complexity index is 1350. The predicted molar refractivity (Wildman–Crippen MR) is 133 cm³/mol. The highest BCUT2D eigenvalue weighted by atomic mass is 16.5. The molecule has 0 saturated heterocycles. The van der Waals surface area contributed by atoms with Gasteiger partial charge in [0.25, 0.3) is 0 Å². The molecule has 2 N–H and O–H groups in total. The zero-order chi connectivity index (χ0) is 23.5. The highest BCUT2D eigenvalue weighted by Crippen LogP contribution is 2.37. The first kappa shape index (κ1) is 22.1. The number of rotatable bonds is 7. The molecule has 34 heavy (non-hydrogen) atoms. The topological polar surface area (TPSA) is 88.5 Å². The second-order valence-electron chi connectivity index (χ2n) is 8.89. The summed E-state index contributed by atoms with van der Waals surface area (Å²) in [7, 11) is 1.58. The Balaban J connectivity index is 1.30. The fraction of sp³-hybridized carbons (Fsp3) is 0.296. The Labute approximate surface area is 197 Å². The lowest BCUT2D eigenvalue weighted by atomic mass is 9.77. The number of hydrogen-bond acceptors (Lipinski definition) is 5. The molecular formula is C27H28N4O3. The van der Waals surface area contributed by atoms with E-state index in [1.165, 1.54) is 5.56 Å². The van der Waals surface area contributed by atoms with Crippen molar-refractivity contribution in [3.8, 4) is 11.3 Å². The third-order valence-corrected chi connectivity index (χ3v) is 6.75. The average molecular weight is 457 g/mol. The largest absolute Gasteiger partial charge is 0.377 e. The monoisotopic (exact) mass is 456 g/mol. The third-order valence-electron chi connectivity index (χ3n) is 6.75. The predicted octanol–water partition coefficient (Wildman–Crippen LogP) is 4.92. The summed E-state index contributed by atoms with van der Waals surface area (Å²) in [6, 6.07) is 16.0. The minimum atomic E-state index is -0.136. The number of carbonyl (C=O) groups is 1. The van der Waals surface area contributed by atoms with Gasteiger partial charge in [0.1, 0.15) is 6.61 Å². The lowest BCUT2D eigenvalue weighted by molar-refractivity contribution is -0.127. The molecule has 0 atom stereocenters. The summed E-state index contributed by atoms with van der Waals surface area (Å²) in [6.45, 7) is 0.226. The fourth-order valence-corrected chi connectivity index (χ4v) is 4.95. The number of H-pyrrole nitrogens is 1. The van der Waals surface area contributed by atoms with Crippen LogP contribution in [0.5, 0.6) is 0 Å². The fourth-order valence-electron chi connectivity index (χ4n) is 4.95. The van der Waals surface area contributed by atoms with Crippen LogP contribution < -0.4 is 10.9 Å². The number of ketones is 1. The number of imidazole rings is 1. The quantitative estimate of drug-likeness (QED) is 0.412. The molecule has 7 heteroatoms. The number of anilines is 2. The Morgan fingerprint density at radius 1 is 1.12 bits per heavy atom. The highest BCUT2D eigenvalue weighted by Gasteiger charge is 2.26. The van der Waals surface area contributed by atoms with Crippen LogP contribution in [-0.2, 0) is 9.53 Å². The number of Topliss-reactive ketones (excluding diaryl/α,β-unsaturated/α-hetero) is 1. The normalized spacial score (nSPS) is 18.1. The van der Waals surface area contributed by atoms with Gasteiger partial charge in [-0.25, -0.2) is 4.98 Å². The van der Waals surface area contributed by atoms with Gasteiger partial charge in [0.05, 0.1) is 11.4 Å². The van der Waals surface area contributed by atoms with Crippen molar-refractivity contribution in [3.63, 3.8) is 0 Å². The lowest BCUT2D eigenvalue weighted by Gasteiger charge is -2.28. The van der Waals surface area contributed by atoms with Crippen molar-refractivity contribution >= 4 is 22.8 Å². The Morgan fingerprint density at radius 3 is 2.65 bits per heavy atom. The summed E-state index contributed by atoms with van der Waals surface area (Å²) in [6.07, 6.45) is 9.24. The van der Waals surface area contributed by atoms with Crippen LogP contribution in [0.1, 0.15) is 37.2 Å². The van der Waals surface area contributed by atoms with Crippen LogP contribution in [0, 0.1) is 5.92 Å². The van der Waals surface area contributed by atoms with Gasteiger partial charge in [-0.15, -0.1) is 0 Å². The van der Waals surface area contributed by atoms with E-state index in [1.807, 2.05) is 28.8 Å². The number of hydrogen-bond donors (Lipinski definition) is 2. The van der Waals surface area contributed by atoms with Gasteiger partial charge in [-0.1, -0.05) is 12.1 Å². The molecule has 174 valence electrons. The molecule has 1 aliphatic rings. The number of aromatic nitrogens is 3. The molecule has 3 aromatic heterocycles. The van der Waals surface area contributed by atoms with Crippen molar-refractivity contribution < 1.29 is 9.53 Å². The first-order chi connectivity index (χ1) is 16.6. The number of aromatic amines is 1. The summed E-state index contributed by atoms with van der Waals surface area (Å²) in [5.41, 5.74) is 5.59. The number of pyridine rings is 2. The summed E-state index contributed by atoms with van der Waals surface area (Å²) in [4.78, 5) is 31.0. The smallest absolute Gasteiger partial charge is 0.248 e. The van der Waals surface area contributed by atoms with Crippen LogP contribution in [0.25, 0.3) is 16.9 Å². The number of benzene rings is 1. The zero-order valence-corrected chi connectivity index (χ0v) is 19.2. The van der Waals surface area contributed by atoms with E-state index in [4.69, 9.17) is 4.74 Å². The standard InChI is InChI=1S/C27H28N4O3/c1-34-17-25(32)20-4-2-18(3-5-20)19-6-8-22(9-7-19)30-23-10-11-24(31-15-14-29-27(23)31)21-12-13-28-26(33)16-21/h6-16,18,20,30H,2-5,17H2,1H3,(H,28,33). The van der Waals surface area contributed by atoms with E-state index in [1.54, 1.807) is 25.6 Å². The molecule has 1 aromatic carbocycles. The minimum Gasteiger partial charge on any atom is -0.377 e. The SMILES string of the molecule is COCC(=O)C1CCC(c2ccc(Nc3ccc(-c4cc[nH]c(=O)c4)n4ccnc34)cc2)CC1. The van der Waals surface area contributed by atoms with E-state index >= 15 is 0 Å². The molecular weight excluding hydrogens is 428 g/mol. The molecule has 1 saturated carbocycles. The molecule has 7 nitrogen and oxygen atoms in total. The first-order valence-electron chi connectivity index (χ1n) is 11.7. The lowest BCUT2D eigenvalue weighted by Crippen LogP contribution is -2.24. The summed E-state index contributed by atoms with van der Waals surface area (Å²) >= 11 is 0. The maximum atomic E-state index is 12.1. The second-order valence-corrected chi connectivity index (χ2v) is 8.89. The maximum absolute atomic E-state index is 12.1. The number of ether oxygens (including phenoxy) is 1. The molecule has 0 spiro atoms. The molecule has 0 unspecified atom stereocenters. The van der Waals surface area contributed by atoms with Gasteiger partial charge in [0.15, 0.2) is 11.4 Å². The van der Waals surface area contributed by atoms with Crippen LogP contribution in [0.3, 0.4) is 0 Å². The van der Waals surface area contributed by atoms with Crippen molar-refractivity contribution in [1.29, 1.82) is 0 Å². The molecule has 5 rings (SSSR count). The molecule has 0 bridgehead atoms. The van der Waals surface area contributed by atoms with Gasteiger partial charge >= 0.3 is 0 Å². The van der Waals surface area contributed by atoms with Crippen molar-refractivity contribution in [3.05, 3.63) is 83.0 Å². The molecule has 0 amide bonds. The van der Waals surface area contributed by atoms with Crippen LogP contribution in [0.15, 0.2) is 71.9 Å². The van der Waals surface area contributed by atoms with E-state index < -0.39 is 0 Å². The zero-order valence-electron chi connectivity index (χ0n) is 19.2. The summed E-state index contributed by atoms with van der Waals surface area (Å²) in [5.74, 6) is 0.871. The summed E-state index contributed by atoms with van der Waals surface area (Å²) in [5, 5.41) is 3.48. The van der Waals surface area contributed by atoms with Crippen LogP contribution in [-0.4, -0.2) is 33.9 Å². The van der Waals surface area contributed by atoms with E-state index in [0.29, 0.717) is 5.92 Å². The molecule has 1 aliphatic carbocycles. The number of nitrogens with zero attached hydrogens (tertiary/aromatic N) is 2. The molecule has 1 fully saturated rings. The Kier molecular flexibility index (Phi) is 6.27. The van der Waals surface area contributed by atoms with Crippen molar-refractivity contribution in [1.82, 2.24) is 14.4 Å². The molecule has 0 radical (unpaired) electrons. The van der Waals surface area contributed by atoms with Gasteiger partial charge in [-0.2, -0.15) is 0 Å². The second kappa shape index (κ2) is 9.65. The number of carbonyl (C=O) groups excluding carboxylic acids is 1. The Morgan fingerprint density at radius 2 is 1.91 bits per heavy atom. The van der Waals surface area contributed by atoms with Crippen molar-refractivity contribution in [2.24, 2.45) is 5.92 Å². The van der Waals surface area contributed by atoms with Crippen LogP contribution in [0.2, 0.25) is 0 Å². The van der Waals surface area contributed by atoms with Crippen molar-refractivity contribution in [2.45, 2.75) is 31.6 Å².